The van der Waals surface area contributed by atoms with Crippen LogP contribution in [0.4, 0.5) is 0 Å². The number of aliphatic carboxylic acids is 2. The van der Waals surface area contributed by atoms with Gasteiger partial charge in [-0.3, -0.25) is 0 Å². The van der Waals surface area contributed by atoms with Crippen molar-refractivity contribution in [3.05, 3.63) is 102 Å². The first-order valence-corrected chi connectivity index (χ1v) is 8.99. The quantitative estimate of drug-likeness (QED) is 0.232. The summed E-state index contributed by atoms with van der Waals surface area (Å²) < 4.78 is 4.12. The summed E-state index contributed by atoms with van der Waals surface area (Å²) in [6.07, 6.45) is 11.0. The first-order valence-electron chi connectivity index (χ1n) is 8.99. The molecule has 0 fully saturated rings. The molecule has 0 amide bonds. The predicted octanol–water partition coefficient (Wildman–Crippen LogP) is -2.60. The summed E-state index contributed by atoms with van der Waals surface area (Å²) in [5.41, 5.74) is 3.81. The van der Waals surface area contributed by atoms with Gasteiger partial charge in [0.25, 0.3) is 0 Å². The van der Waals surface area contributed by atoms with Crippen LogP contribution in [-0.4, -0.2) is 16.5 Å². The molecule has 3 rings (SSSR count). The molecule has 0 bridgehead atoms. The molecule has 1 aromatic heterocycles. The molecule has 2 aromatic carbocycles. The van der Waals surface area contributed by atoms with Crippen molar-refractivity contribution in [2.24, 2.45) is 0 Å². The van der Waals surface area contributed by atoms with E-state index in [0.717, 1.165) is 34.4 Å². The van der Waals surface area contributed by atoms with Gasteiger partial charge in [0.1, 0.15) is 25.5 Å². The molecular weight excluding hydrogens is 391 g/mol. The second-order valence-corrected chi connectivity index (χ2v) is 6.55. The fourth-order valence-corrected chi connectivity index (χ4v) is 2.84. The molecule has 0 spiro atoms. The van der Waals surface area contributed by atoms with Crippen LogP contribution in [0.25, 0.3) is 12.2 Å². The smallest absolute Gasteiger partial charge is 0.545 e. The van der Waals surface area contributed by atoms with Crippen molar-refractivity contribution in [3.8, 4) is 0 Å². The van der Waals surface area contributed by atoms with Gasteiger partial charge in [-0.25, -0.2) is 9.13 Å². The number of aromatic nitrogens is 2. The van der Waals surface area contributed by atoms with Gasteiger partial charge in [0.05, 0.1) is 11.9 Å². The summed E-state index contributed by atoms with van der Waals surface area (Å²) >= 11 is 0. The van der Waals surface area contributed by atoms with Crippen LogP contribution in [0.3, 0.4) is 0 Å². The van der Waals surface area contributed by atoms with E-state index in [-0.39, 0.29) is 29.6 Å². The van der Waals surface area contributed by atoms with Gasteiger partial charge in [-0.2, -0.15) is 0 Å². The number of benzene rings is 2. The zero-order valence-corrected chi connectivity index (χ0v) is 18.6. The normalized spacial score (nSPS) is 10.9. The van der Waals surface area contributed by atoms with E-state index < -0.39 is 11.9 Å². The van der Waals surface area contributed by atoms with Gasteiger partial charge in [-0.1, -0.05) is 60.7 Å². The number of hydrogen-bond acceptors (Lipinski definition) is 4. The third-order valence-electron chi connectivity index (χ3n) is 4.26. The summed E-state index contributed by atoms with van der Waals surface area (Å²) in [5, 5.41) is 20.9. The molecule has 0 N–H and O–H groups in total. The Hall–Kier alpha value is -2.93. The van der Waals surface area contributed by atoms with Crippen LogP contribution in [0.15, 0.2) is 79.4 Å². The SMILES string of the molecule is O=C([O-])/C=C/c1ccc(Cn2cc[n+](Cc3ccc(/C=C/C(=O)[O-])cc3)c2)cc1.[Na+]. The van der Waals surface area contributed by atoms with Crippen molar-refractivity contribution < 1.29 is 53.9 Å². The van der Waals surface area contributed by atoms with Gasteiger partial charge < -0.3 is 19.8 Å². The van der Waals surface area contributed by atoms with Crippen LogP contribution in [0, 0.1) is 0 Å². The molecule has 0 radical (unpaired) electrons. The Morgan fingerprint density at radius 1 is 0.833 bits per heavy atom. The van der Waals surface area contributed by atoms with Gasteiger partial charge in [0.15, 0.2) is 0 Å². The first kappa shape index (κ1) is 23.3. The molecule has 6 nitrogen and oxygen atoms in total. The van der Waals surface area contributed by atoms with E-state index in [9.17, 15) is 19.8 Å². The molecule has 0 saturated carbocycles. The van der Waals surface area contributed by atoms with Crippen LogP contribution >= 0.6 is 0 Å². The van der Waals surface area contributed by atoms with Crippen LogP contribution in [0.5, 0.6) is 0 Å². The predicted molar refractivity (Wildman–Crippen MR) is 104 cm³/mol. The minimum Gasteiger partial charge on any atom is -0.545 e. The van der Waals surface area contributed by atoms with Crippen LogP contribution in [0.2, 0.25) is 0 Å². The number of rotatable bonds is 8. The Kier molecular flexibility index (Phi) is 8.80. The molecule has 146 valence electrons. The van der Waals surface area contributed by atoms with E-state index in [2.05, 4.69) is 9.13 Å². The first-order chi connectivity index (χ1) is 14.0. The number of nitrogens with zero attached hydrogens (tertiary/aromatic N) is 2. The van der Waals surface area contributed by atoms with Crippen LogP contribution in [-0.2, 0) is 22.7 Å². The van der Waals surface area contributed by atoms with Gasteiger partial charge in [0.2, 0.25) is 6.33 Å². The van der Waals surface area contributed by atoms with E-state index in [1.54, 1.807) is 0 Å². The number of carboxylic acids is 2. The van der Waals surface area contributed by atoms with Crippen LogP contribution in [0.1, 0.15) is 22.3 Å². The zero-order valence-electron chi connectivity index (χ0n) is 16.6. The molecule has 0 aliphatic carbocycles. The van der Waals surface area contributed by atoms with Crippen molar-refractivity contribution in [2.75, 3.05) is 0 Å². The maximum Gasteiger partial charge on any atom is 1.00 e. The monoisotopic (exact) mass is 410 g/mol. The Bertz CT molecular complexity index is 968. The molecule has 0 atom stereocenters. The molecule has 1 heterocycles. The van der Waals surface area contributed by atoms with Gasteiger partial charge in [0, 0.05) is 0 Å². The third-order valence-corrected chi connectivity index (χ3v) is 4.26. The van der Waals surface area contributed by atoms with Gasteiger partial charge >= 0.3 is 29.6 Å². The van der Waals surface area contributed by atoms with Crippen molar-refractivity contribution in [2.45, 2.75) is 13.1 Å². The van der Waals surface area contributed by atoms with E-state index in [1.165, 1.54) is 12.2 Å². The van der Waals surface area contributed by atoms with E-state index >= 15 is 0 Å². The average molecular weight is 410 g/mol. The molecule has 0 aliphatic rings. The van der Waals surface area contributed by atoms with Crippen molar-refractivity contribution in [1.29, 1.82) is 0 Å². The van der Waals surface area contributed by atoms with E-state index in [1.807, 2.05) is 67.3 Å². The fraction of sp³-hybridized carbons (Fsp3) is 0.0870. The number of carboxylic acid groups (broad SMARTS) is 2. The van der Waals surface area contributed by atoms with Crippen LogP contribution < -0.4 is 44.3 Å². The Morgan fingerprint density at radius 2 is 1.33 bits per heavy atom. The zero-order chi connectivity index (χ0) is 20.6. The number of hydrogen-bond donors (Lipinski definition) is 0. The maximum atomic E-state index is 10.5. The second-order valence-electron chi connectivity index (χ2n) is 6.55. The molecule has 0 aliphatic heterocycles. The Labute approximate surface area is 196 Å². The van der Waals surface area contributed by atoms with Crippen molar-refractivity contribution in [1.82, 2.24) is 4.57 Å². The minimum absolute atomic E-state index is 0. The summed E-state index contributed by atoms with van der Waals surface area (Å²) in [5.74, 6) is -2.43. The average Bonchev–Trinajstić information content (AvgIpc) is 3.13. The number of carbonyl (C=O) groups is 2. The molecule has 3 aromatic rings. The molecule has 0 unspecified atom stereocenters. The number of imidazole rings is 1. The second kappa shape index (κ2) is 11.3. The fourth-order valence-electron chi connectivity index (χ4n) is 2.84. The Morgan fingerprint density at radius 3 is 1.83 bits per heavy atom. The minimum atomic E-state index is -1.21. The third kappa shape index (κ3) is 7.48. The molecule has 7 heteroatoms. The summed E-state index contributed by atoms with van der Waals surface area (Å²) in [7, 11) is 0. The maximum absolute atomic E-state index is 10.5. The van der Waals surface area contributed by atoms with E-state index in [4.69, 9.17) is 0 Å². The molecular formula is C23H19N2NaO4. The summed E-state index contributed by atoms with van der Waals surface area (Å²) in [6, 6.07) is 15.3. The summed E-state index contributed by atoms with van der Waals surface area (Å²) in [4.78, 5) is 20.9. The molecule has 0 saturated heterocycles. The molecule has 30 heavy (non-hydrogen) atoms. The largest absolute Gasteiger partial charge is 1.00 e. The Balaban J connectivity index is 0.00000320. The number of carbonyl (C=O) groups excluding carboxylic acids is 2. The van der Waals surface area contributed by atoms with Gasteiger partial charge in [-0.15, -0.1) is 0 Å². The van der Waals surface area contributed by atoms with Gasteiger partial charge in [-0.05, 0) is 34.4 Å². The van der Waals surface area contributed by atoms with Crippen molar-refractivity contribution in [3.63, 3.8) is 0 Å². The van der Waals surface area contributed by atoms with E-state index in [0.29, 0.717) is 13.1 Å². The summed E-state index contributed by atoms with van der Waals surface area (Å²) in [6.45, 7) is 1.40. The van der Waals surface area contributed by atoms with Crippen molar-refractivity contribution >= 4 is 24.1 Å². The topological polar surface area (TPSA) is 89.1 Å². The standard InChI is InChI=1S/C23H20N2O4.Na/c26-22(27)11-9-18-1-5-20(6-2-18)15-24-13-14-25(17-24)16-21-7-3-19(4-8-21)10-12-23(28)29;/h1-14,17H,15-16H2,(H-,26,27,28,29);/q;+1/p-1/b11-9+,12-10+;.